The van der Waals surface area contributed by atoms with Crippen LogP contribution in [0.15, 0.2) is 0 Å². The summed E-state index contributed by atoms with van der Waals surface area (Å²) < 4.78 is 5.47. The second-order valence-electron chi connectivity index (χ2n) is 5.06. The van der Waals surface area contributed by atoms with E-state index >= 15 is 0 Å². The van der Waals surface area contributed by atoms with Gasteiger partial charge in [-0.05, 0) is 6.92 Å². The Balaban J connectivity index is 4.43. The zero-order valence-corrected chi connectivity index (χ0v) is 10.7. The molecule has 6 nitrogen and oxygen atoms in total. The van der Waals surface area contributed by atoms with Crippen LogP contribution in [0.25, 0.3) is 0 Å². The van der Waals surface area contributed by atoms with Gasteiger partial charge < -0.3 is 14.3 Å². The molecule has 0 aliphatic carbocycles. The van der Waals surface area contributed by atoms with Crippen molar-refractivity contribution in [1.82, 2.24) is 0 Å². The van der Waals surface area contributed by atoms with Gasteiger partial charge in [-0.2, -0.15) is 0 Å². The van der Waals surface area contributed by atoms with Crippen LogP contribution in [0, 0.1) is 0 Å². The van der Waals surface area contributed by atoms with Gasteiger partial charge in [-0.25, -0.2) is 0 Å². The Kier molecular flexibility index (Phi) is 5.81. The molecule has 0 aromatic carbocycles. The van der Waals surface area contributed by atoms with E-state index in [2.05, 4.69) is 0 Å². The first-order valence-corrected chi connectivity index (χ1v) is 5.31. The molecule has 0 heterocycles. The summed E-state index contributed by atoms with van der Waals surface area (Å²) in [7, 11) is 5.61. The third-order valence-electron chi connectivity index (χ3n) is 1.85. The minimum Gasteiger partial charge on any atom is -0.481 e. The molecule has 0 amide bonds. The maximum absolute atomic E-state index is 11.3. The summed E-state index contributed by atoms with van der Waals surface area (Å²) in [4.78, 5) is 32.6. The van der Waals surface area contributed by atoms with Crippen LogP contribution < -0.4 is 0 Å². The van der Waals surface area contributed by atoms with Crippen molar-refractivity contribution in [2.75, 3.05) is 27.7 Å². The van der Waals surface area contributed by atoms with E-state index in [-0.39, 0.29) is 18.6 Å². The number of ketones is 1. The van der Waals surface area contributed by atoms with E-state index in [1.807, 2.05) is 21.1 Å². The number of likely N-dealkylation sites (N-methyl/N-ethyl adjacent to an activating group) is 1. The second-order valence-corrected chi connectivity index (χ2v) is 5.06. The lowest BCUT2D eigenvalue weighted by molar-refractivity contribution is -0.873. The van der Waals surface area contributed by atoms with Gasteiger partial charge in [-0.3, -0.25) is 14.4 Å². The minimum atomic E-state index is -1.03. The van der Waals surface area contributed by atoms with Crippen LogP contribution in [0.4, 0.5) is 0 Å². The Bertz CT molecular complexity index is 305. The molecule has 1 N–H and O–H groups in total. The highest BCUT2D eigenvalue weighted by atomic mass is 16.5. The van der Waals surface area contributed by atoms with Gasteiger partial charge in [0.25, 0.3) is 0 Å². The number of carbonyl (C=O) groups excluding carboxylic acids is 2. The van der Waals surface area contributed by atoms with Crippen molar-refractivity contribution in [3.8, 4) is 0 Å². The van der Waals surface area contributed by atoms with Crippen LogP contribution in [-0.2, 0) is 19.1 Å². The van der Waals surface area contributed by atoms with Crippen molar-refractivity contribution in [3.63, 3.8) is 0 Å². The predicted molar refractivity (Wildman–Crippen MR) is 60.3 cm³/mol. The number of hydrogen-bond donors (Lipinski definition) is 1. The molecular formula is C11H20NO5+. The number of carboxylic acids is 1. The Morgan fingerprint density at radius 1 is 1.24 bits per heavy atom. The highest BCUT2D eigenvalue weighted by Gasteiger charge is 2.25. The molecule has 0 fully saturated rings. The zero-order valence-electron chi connectivity index (χ0n) is 10.7. The summed E-state index contributed by atoms with van der Waals surface area (Å²) in [6, 6.07) is 0. The Morgan fingerprint density at radius 2 is 1.76 bits per heavy atom. The van der Waals surface area contributed by atoms with E-state index in [4.69, 9.17) is 9.84 Å². The number of aliphatic carboxylic acids is 1. The number of esters is 1. The Morgan fingerprint density at radius 3 is 2.12 bits per heavy atom. The number of ether oxygens (including phenoxy) is 1. The Labute approximate surface area is 101 Å². The van der Waals surface area contributed by atoms with Crippen LogP contribution in [0.3, 0.4) is 0 Å². The fourth-order valence-electron chi connectivity index (χ4n) is 1.38. The number of hydrogen-bond acceptors (Lipinski definition) is 4. The van der Waals surface area contributed by atoms with Crippen molar-refractivity contribution < 1.29 is 28.7 Å². The van der Waals surface area contributed by atoms with Gasteiger partial charge in [-0.15, -0.1) is 0 Å². The number of Topliss-reactive ketones (excluding diaryl/α,β-unsaturated/α-hetero) is 1. The highest BCUT2D eigenvalue weighted by molar-refractivity contribution is 5.94. The quantitative estimate of drug-likeness (QED) is 0.390. The van der Waals surface area contributed by atoms with E-state index in [0.717, 1.165) is 0 Å². The molecular weight excluding hydrogens is 226 g/mol. The largest absolute Gasteiger partial charge is 0.481 e. The number of carbonyl (C=O) groups is 3. The molecule has 0 aromatic heterocycles. The van der Waals surface area contributed by atoms with Gasteiger partial charge in [0.05, 0.1) is 27.6 Å². The summed E-state index contributed by atoms with van der Waals surface area (Å²) in [5, 5.41) is 8.71. The lowest BCUT2D eigenvalue weighted by Gasteiger charge is -2.28. The van der Waals surface area contributed by atoms with Gasteiger partial charge in [0.1, 0.15) is 18.7 Å². The van der Waals surface area contributed by atoms with Crippen molar-refractivity contribution >= 4 is 17.7 Å². The van der Waals surface area contributed by atoms with Crippen LogP contribution in [0.5, 0.6) is 0 Å². The molecule has 98 valence electrons. The van der Waals surface area contributed by atoms with E-state index in [1.165, 1.54) is 6.92 Å². The summed E-state index contributed by atoms with van der Waals surface area (Å²) >= 11 is 0. The van der Waals surface area contributed by atoms with Gasteiger partial charge in [0, 0.05) is 0 Å². The molecule has 1 atom stereocenters. The first-order chi connectivity index (χ1) is 7.60. The lowest BCUT2D eigenvalue weighted by atomic mass is 10.2. The summed E-state index contributed by atoms with van der Waals surface area (Å²) in [6.45, 7) is 1.67. The monoisotopic (exact) mass is 246 g/mol. The van der Waals surface area contributed by atoms with Crippen molar-refractivity contribution in [2.45, 2.75) is 25.9 Å². The average Bonchev–Trinajstić information content (AvgIpc) is 1.95. The summed E-state index contributed by atoms with van der Waals surface area (Å²) in [5.41, 5.74) is 0. The van der Waals surface area contributed by atoms with Crippen LogP contribution >= 0.6 is 0 Å². The number of carboxylic acid groups (broad SMARTS) is 1. The van der Waals surface area contributed by atoms with Gasteiger partial charge in [0.15, 0.2) is 6.10 Å². The summed E-state index contributed by atoms with van der Waals surface area (Å²) in [5.74, 6) is -1.99. The average molecular weight is 246 g/mol. The molecule has 0 unspecified atom stereocenters. The molecule has 0 bridgehead atoms. The molecule has 0 aliphatic heterocycles. The van der Waals surface area contributed by atoms with Crippen LogP contribution in [0.1, 0.15) is 19.8 Å². The maximum Gasteiger partial charge on any atom is 0.313 e. The first kappa shape index (κ1) is 15.6. The third-order valence-corrected chi connectivity index (χ3v) is 1.85. The van der Waals surface area contributed by atoms with E-state index in [9.17, 15) is 14.4 Å². The Hall–Kier alpha value is -1.43. The SMILES string of the molecule is CC(=O)CC(=O)O[C@H](CC(=O)O)C[N+](C)(C)C. The minimum absolute atomic E-state index is 0.251. The highest BCUT2D eigenvalue weighted by Crippen LogP contribution is 2.06. The number of rotatable bonds is 7. The van der Waals surface area contributed by atoms with Crippen molar-refractivity contribution in [2.24, 2.45) is 0 Å². The topological polar surface area (TPSA) is 80.7 Å². The maximum atomic E-state index is 11.3. The lowest BCUT2D eigenvalue weighted by Crippen LogP contribution is -2.43. The molecule has 6 heteroatoms. The van der Waals surface area contributed by atoms with Gasteiger partial charge >= 0.3 is 11.9 Å². The number of quaternary nitrogens is 1. The molecule has 0 radical (unpaired) electrons. The van der Waals surface area contributed by atoms with Gasteiger partial charge in [-0.1, -0.05) is 0 Å². The summed E-state index contributed by atoms with van der Waals surface area (Å²) in [6.07, 6.45) is -1.27. The fourth-order valence-corrected chi connectivity index (χ4v) is 1.38. The van der Waals surface area contributed by atoms with Crippen molar-refractivity contribution in [1.29, 1.82) is 0 Å². The molecule has 0 aromatic rings. The molecule has 0 rings (SSSR count). The molecule has 0 spiro atoms. The smallest absolute Gasteiger partial charge is 0.313 e. The number of nitrogens with zero attached hydrogens (tertiary/aromatic N) is 1. The normalized spacial score (nSPS) is 12.9. The van der Waals surface area contributed by atoms with Crippen LogP contribution in [0.2, 0.25) is 0 Å². The van der Waals surface area contributed by atoms with Crippen molar-refractivity contribution in [3.05, 3.63) is 0 Å². The van der Waals surface area contributed by atoms with Crippen LogP contribution in [-0.4, -0.2) is 61.1 Å². The fraction of sp³-hybridized carbons (Fsp3) is 0.727. The molecule has 0 aliphatic rings. The van der Waals surface area contributed by atoms with E-state index in [0.29, 0.717) is 11.0 Å². The molecule has 0 saturated carbocycles. The predicted octanol–water partition coefficient (Wildman–Crippen LogP) is 0.0582. The third kappa shape index (κ3) is 9.50. The molecule has 17 heavy (non-hydrogen) atoms. The van der Waals surface area contributed by atoms with E-state index < -0.39 is 18.0 Å². The first-order valence-electron chi connectivity index (χ1n) is 5.31. The zero-order chi connectivity index (χ0) is 13.6. The standard InChI is InChI=1S/C11H19NO5/c1-8(13)5-11(16)17-9(6-10(14)15)7-12(2,3)4/h9H,5-7H2,1-4H3/p+1/t9-/m1/s1. The van der Waals surface area contributed by atoms with E-state index in [1.54, 1.807) is 0 Å². The molecule has 0 saturated heterocycles. The van der Waals surface area contributed by atoms with Gasteiger partial charge in [0.2, 0.25) is 0 Å². The second kappa shape index (κ2) is 6.34.